The van der Waals surface area contributed by atoms with Crippen LogP contribution in [-0.2, 0) is 0 Å². The molecule has 0 bridgehead atoms. The van der Waals surface area contributed by atoms with Crippen molar-refractivity contribution in [2.24, 2.45) is 0 Å². The molecule has 1 atom stereocenters. The molecular formula is C21H28N4O2S. The molecule has 2 heterocycles. The quantitative estimate of drug-likeness (QED) is 0.777. The SMILES string of the molecule is Cc1cccc(NC(=O)NCC(c2cccs2)N(C)C)c1C(=O)N1CCCC1. The van der Waals surface area contributed by atoms with E-state index in [4.69, 9.17) is 0 Å². The number of urea groups is 1. The third-order valence-corrected chi connectivity index (χ3v) is 6.05. The lowest BCUT2D eigenvalue weighted by molar-refractivity contribution is 0.0793. The van der Waals surface area contributed by atoms with Gasteiger partial charge in [0, 0.05) is 24.5 Å². The van der Waals surface area contributed by atoms with Crippen LogP contribution in [0.2, 0.25) is 0 Å². The van der Waals surface area contributed by atoms with Crippen molar-refractivity contribution in [1.82, 2.24) is 15.1 Å². The van der Waals surface area contributed by atoms with Crippen LogP contribution in [-0.4, -0.2) is 55.5 Å². The molecule has 150 valence electrons. The van der Waals surface area contributed by atoms with Crippen molar-refractivity contribution in [2.45, 2.75) is 25.8 Å². The monoisotopic (exact) mass is 400 g/mol. The minimum atomic E-state index is -0.301. The van der Waals surface area contributed by atoms with Gasteiger partial charge in [-0.25, -0.2) is 4.79 Å². The first-order valence-corrected chi connectivity index (χ1v) is 10.5. The van der Waals surface area contributed by atoms with E-state index in [0.29, 0.717) is 17.8 Å². The van der Waals surface area contributed by atoms with Crippen LogP contribution in [0, 0.1) is 6.92 Å². The first-order valence-electron chi connectivity index (χ1n) is 9.61. The molecule has 1 aromatic carbocycles. The van der Waals surface area contributed by atoms with Gasteiger partial charge in [-0.15, -0.1) is 11.3 Å². The Kier molecular flexibility index (Phi) is 6.70. The van der Waals surface area contributed by atoms with Crippen molar-refractivity contribution in [3.05, 3.63) is 51.7 Å². The van der Waals surface area contributed by atoms with Crippen molar-refractivity contribution >= 4 is 29.0 Å². The number of aryl methyl sites for hydroxylation is 1. The van der Waals surface area contributed by atoms with Gasteiger partial charge in [0.05, 0.1) is 17.3 Å². The molecule has 1 aliphatic rings. The average Bonchev–Trinajstić information content (AvgIpc) is 3.35. The minimum Gasteiger partial charge on any atom is -0.339 e. The zero-order valence-electron chi connectivity index (χ0n) is 16.7. The van der Waals surface area contributed by atoms with E-state index in [0.717, 1.165) is 31.5 Å². The third kappa shape index (κ3) is 4.72. The van der Waals surface area contributed by atoms with Crippen molar-refractivity contribution in [2.75, 3.05) is 39.0 Å². The normalized spacial score (nSPS) is 14.9. The molecule has 2 N–H and O–H groups in total. The van der Waals surface area contributed by atoms with Gasteiger partial charge in [-0.2, -0.15) is 0 Å². The summed E-state index contributed by atoms with van der Waals surface area (Å²) in [6.45, 7) is 3.96. The van der Waals surface area contributed by atoms with Crippen molar-refractivity contribution in [1.29, 1.82) is 0 Å². The van der Waals surface area contributed by atoms with E-state index in [-0.39, 0.29) is 18.0 Å². The number of anilines is 1. The van der Waals surface area contributed by atoms with Crippen LogP contribution in [0.15, 0.2) is 35.7 Å². The highest BCUT2D eigenvalue weighted by atomic mass is 32.1. The summed E-state index contributed by atoms with van der Waals surface area (Å²) in [5.74, 6) is -0.00402. The highest BCUT2D eigenvalue weighted by Gasteiger charge is 2.24. The van der Waals surface area contributed by atoms with E-state index in [1.807, 2.05) is 49.5 Å². The summed E-state index contributed by atoms with van der Waals surface area (Å²) in [5.41, 5.74) is 2.02. The van der Waals surface area contributed by atoms with E-state index >= 15 is 0 Å². The Morgan fingerprint density at radius 3 is 2.57 bits per heavy atom. The van der Waals surface area contributed by atoms with Crippen molar-refractivity contribution < 1.29 is 9.59 Å². The second kappa shape index (κ2) is 9.21. The van der Waals surface area contributed by atoms with E-state index in [1.165, 1.54) is 4.88 Å². The van der Waals surface area contributed by atoms with Crippen LogP contribution in [0.3, 0.4) is 0 Å². The van der Waals surface area contributed by atoms with Gasteiger partial charge in [-0.3, -0.25) is 4.79 Å². The summed E-state index contributed by atoms with van der Waals surface area (Å²) in [5, 5.41) is 7.87. The smallest absolute Gasteiger partial charge is 0.319 e. The van der Waals surface area contributed by atoms with Crippen LogP contribution in [0.1, 0.15) is 39.7 Å². The number of rotatable bonds is 6. The fourth-order valence-corrected chi connectivity index (χ4v) is 4.43. The Labute approximate surface area is 170 Å². The fourth-order valence-electron chi connectivity index (χ4n) is 3.51. The molecule has 0 aliphatic carbocycles. The van der Waals surface area contributed by atoms with Crippen molar-refractivity contribution in [3.63, 3.8) is 0 Å². The maximum atomic E-state index is 12.9. The Balaban J connectivity index is 1.68. The highest BCUT2D eigenvalue weighted by molar-refractivity contribution is 7.10. The van der Waals surface area contributed by atoms with Gasteiger partial charge in [0.1, 0.15) is 0 Å². The lowest BCUT2D eigenvalue weighted by atomic mass is 10.1. The summed E-state index contributed by atoms with van der Waals surface area (Å²) in [7, 11) is 3.99. The van der Waals surface area contributed by atoms with E-state index in [1.54, 1.807) is 17.4 Å². The lowest BCUT2D eigenvalue weighted by Crippen LogP contribution is -2.37. The topological polar surface area (TPSA) is 64.7 Å². The number of likely N-dealkylation sites (tertiary alicyclic amines) is 1. The highest BCUT2D eigenvalue weighted by Crippen LogP contribution is 2.24. The van der Waals surface area contributed by atoms with Crippen LogP contribution < -0.4 is 10.6 Å². The maximum absolute atomic E-state index is 12.9. The molecule has 0 spiro atoms. The van der Waals surface area contributed by atoms with E-state index in [9.17, 15) is 9.59 Å². The molecule has 3 amide bonds. The standard InChI is InChI=1S/C21H28N4O2S/c1-15-8-6-9-16(19(15)20(26)25-11-4-5-12-25)23-21(27)22-14-17(24(2)3)18-10-7-13-28-18/h6-10,13,17H,4-5,11-12,14H2,1-3H3,(H2,22,23,27). The number of benzene rings is 1. The predicted molar refractivity (Wildman–Crippen MR) is 114 cm³/mol. The predicted octanol–water partition coefficient (Wildman–Crippen LogP) is 3.72. The summed E-state index contributed by atoms with van der Waals surface area (Å²) in [6, 6.07) is 9.45. The zero-order chi connectivity index (χ0) is 20.1. The molecule has 3 rings (SSSR count). The van der Waals surface area contributed by atoms with Crippen molar-refractivity contribution in [3.8, 4) is 0 Å². The Morgan fingerprint density at radius 2 is 1.93 bits per heavy atom. The number of thiophene rings is 1. The summed E-state index contributed by atoms with van der Waals surface area (Å²) in [6.07, 6.45) is 2.07. The first-order chi connectivity index (χ1) is 13.5. The second-order valence-corrected chi connectivity index (χ2v) is 8.31. The average molecular weight is 401 g/mol. The van der Waals surface area contributed by atoms with E-state index in [2.05, 4.69) is 21.6 Å². The summed E-state index contributed by atoms with van der Waals surface area (Å²) < 4.78 is 0. The number of carbonyl (C=O) groups excluding carboxylic acids is 2. The molecule has 0 saturated carbocycles. The van der Waals surface area contributed by atoms with Gasteiger partial charge in [-0.05, 0) is 56.9 Å². The Bertz CT molecular complexity index is 814. The molecule has 2 aromatic rings. The van der Waals surface area contributed by atoms with Gasteiger partial charge in [0.2, 0.25) is 0 Å². The van der Waals surface area contributed by atoms with Gasteiger partial charge in [0.15, 0.2) is 0 Å². The van der Waals surface area contributed by atoms with Gasteiger partial charge >= 0.3 is 6.03 Å². The minimum absolute atomic E-state index is 0.00402. The number of hydrogen-bond donors (Lipinski definition) is 2. The van der Waals surface area contributed by atoms with Gasteiger partial charge in [0.25, 0.3) is 5.91 Å². The largest absolute Gasteiger partial charge is 0.339 e. The molecule has 7 heteroatoms. The molecule has 1 saturated heterocycles. The molecule has 28 heavy (non-hydrogen) atoms. The molecule has 1 aliphatic heterocycles. The summed E-state index contributed by atoms with van der Waals surface area (Å²) in [4.78, 5) is 30.6. The van der Waals surface area contributed by atoms with Crippen LogP contribution in [0.5, 0.6) is 0 Å². The van der Waals surface area contributed by atoms with Gasteiger partial charge < -0.3 is 20.4 Å². The van der Waals surface area contributed by atoms with E-state index < -0.39 is 0 Å². The summed E-state index contributed by atoms with van der Waals surface area (Å²) >= 11 is 1.67. The zero-order valence-corrected chi connectivity index (χ0v) is 17.5. The van der Waals surface area contributed by atoms with Gasteiger partial charge in [-0.1, -0.05) is 18.2 Å². The van der Waals surface area contributed by atoms with Crippen LogP contribution in [0.25, 0.3) is 0 Å². The third-order valence-electron chi connectivity index (χ3n) is 5.08. The molecule has 6 nitrogen and oxygen atoms in total. The number of amides is 3. The maximum Gasteiger partial charge on any atom is 0.319 e. The molecule has 0 radical (unpaired) electrons. The number of nitrogens with one attached hydrogen (secondary N) is 2. The molecule has 1 unspecified atom stereocenters. The van der Waals surface area contributed by atoms with Crippen LogP contribution in [0.4, 0.5) is 10.5 Å². The number of nitrogens with zero attached hydrogens (tertiary/aromatic N) is 2. The first kappa shape index (κ1) is 20.4. The molecule has 1 fully saturated rings. The fraction of sp³-hybridized carbons (Fsp3) is 0.429. The number of carbonyl (C=O) groups is 2. The number of likely N-dealkylation sites (N-methyl/N-ethyl adjacent to an activating group) is 1. The molecule has 1 aromatic heterocycles. The Morgan fingerprint density at radius 1 is 1.18 bits per heavy atom. The Hall–Kier alpha value is -2.38. The van der Waals surface area contributed by atoms with Crippen LogP contribution >= 0.6 is 11.3 Å². The lowest BCUT2D eigenvalue weighted by Gasteiger charge is -2.24. The molecular weight excluding hydrogens is 372 g/mol. The number of hydrogen-bond acceptors (Lipinski definition) is 4. The second-order valence-electron chi connectivity index (χ2n) is 7.33.